The lowest BCUT2D eigenvalue weighted by Crippen LogP contribution is -2.09. The lowest BCUT2D eigenvalue weighted by atomic mass is 10.1. The first kappa shape index (κ1) is 19.0. The Morgan fingerprint density at radius 1 is 0.632 bits per heavy atom. The zero-order valence-corrected chi connectivity index (χ0v) is 13.9. The zero-order valence-electron chi connectivity index (χ0n) is 13.9. The van der Waals surface area contributed by atoms with E-state index in [1.54, 1.807) is 0 Å². The summed E-state index contributed by atoms with van der Waals surface area (Å²) in [5, 5.41) is 0. The molecule has 1 unspecified atom stereocenters. The Balaban J connectivity index is 3.09. The van der Waals surface area contributed by atoms with Gasteiger partial charge in [0.1, 0.15) is 0 Å². The minimum Gasteiger partial charge on any atom is -0.379 e. The Hall–Kier alpha value is -0.0400. The predicted molar refractivity (Wildman–Crippen MR) is 86.8 cm³/mol. The normalized spacial score (nSPS) is 12.8. The average Bonchev–Trinajstić information content (AvgIpc) is 2.41. The predicted octanol–water partition coefficient (Wildman–Crippen LogP) is 6.50. The average molecular weight is 271 g/mol. The van der Waals surface area contributed by atoms with Crippen molar-refractivity contribution in [2.24, 2.45) is 0 Å². The second kappa shape index (κ2) is 16.0. The largest absolute Gasteiger partial charge is 0.379 e. The molecule has 0 aromatic rings. The summed E-state index contributed by atoms with van der Waals surface area (Å²) in [5.74, 6) is 0. The van der Waals surface area contributed by atoms with E-state index in [0.717, 1.165) is 6.61 Å². The van der Waals surface area contributed by atoms with E-state index in [4.69, 9.17) is 4.74 Å². The van der Waals surface area contributed by atoms with Gasteiger partial charge in [0.25, 0.3) is 0 Å². The van der Waals surface area contributed by atoms with Crippen molar-refractivity contribution < 1.29 is 4.74 Å². The van der Waals surface area contributed by atoms with Crippen molar-refractivity contribution in [2.45, 2.75) is 110 Å². The molecule has 0 N–H and O–H groups in total. The molecule has 0 fully saturated rings. The van der Waals surface area contributed by atoms with Crippen LogP contribution in [0.15, 0.2) is 0 Å². The van der Waals surface area contributed by atoms with Crippen LogP contribution in [0, 0.1) is 0 Å². The molecule has 0 spiro atoms. The van der Waals surface area contributed by atoms with Crippen LogP contribution in [-0.2, 0) is 4.74 Å². The maximum atomic E-state index is 5.88. The molecule has 0 aromatic carbocycles. The summed E-state index contributed by atoms with van der Waals surface area (Å²) in [7, 11) is 0. The molecule has 0 saturated carbocycles. The van der Waals surface area contributed by atoms with E-state index in [-0.39, 0.29) is 0 Å². The molecule has 0 heterocycles. The topological polar surface area (TPSA) is 9.23 Å². The summed E-state index contributed by atoms with van der Waals surface area (Å²) in [4.78, 5) is 0. The van der Waals surface area contributed by atoms with Gasteiger partial charge in [-0.3, -0.25) is 0 Å². The van der Waals surface area contributed by atoms with Gasteiger partial charge in [-0.2, -0.15) is 0 Å². The van der Waals surface area contributed by atoms with Crippen molar-refractivity contribution in [1.29, 1.82) is 0 Å². The smallest absolute Gasteiger partial charge is 0.0547 e. The SMILES string of the molecule is CCCCCCCCCOC(C)CCCCCCC. The van der Waals surface area contributed by atoms with Gasteiger partial charge in [-0.1, -0.05) is 84.5 Å². The van der Waals surface area contributed by atoms with Crippen LogP contribution in [0.4, 0.5) is 0 Å². The van der Waals surface area contributed by atoms with E-state index in [0.29, 0.717) is 6.10 Å². The van der Waals surface area contributed by atoms with E-state index < -0.39 is 0 Å². The number of unbranched alkanes of at least 4 members (excludes halogenated alkanes) is 10. The molecule has 0 aliphatic heterocycles. The van der Waals surface area contributed by atoms with Crippen LogP contribution < -0.4 is 0 Å². The molecule has 0 rings (SSSR count). The number of ether oxygens (including phenoxy) is 1. The third-order valence-electron chi connectivity index (χ3n) is 3.86. The first-order valence-electron chi connectivity index (χ1n) is 8.92. The van der Waals surface area contributed by atoms with Gasteiger partial charge in [-0.05, 0) is 19.8 Å². The third kappa shape index (κ3) is 15.9. The van der Waals surface area contributed by atoms with Crippen molar-refractivity contribution in [1.82, 2.24) is 0 Å². The van der Waals surface area contributed by atoms with Crippen LogP contribution >= 0.6 is 0 Å². The molecule has 0 saturated heterocycles. The molecule has 0 aliphatic rings. The van der Waals surface area contributed by atoms with Gasteiger partial charge in [0.15, 0.2) is 0 Å². The van der Waals surface area contributed by atoms with Crippen molar-refractivity contribution >= 4 is 0 Å². The highest BCUT2D eigenvalue weighted by molar-refractivity contribution is 4.52. The standard InChI is InChI=1S/C18H38O/c1-4-6-8-10-11-13-15-17-19-18(3)16-14-12-9-7-5-2/h18H,4-17H2,1-3H3. The fourth-order valence-corrected chi connectivity index (χ4v) is 2.46. The molecule has 0 aliphatic carbocycles. The number of hydrogen-bond donors (Lipinski definition) is 0. The quantitative estimate of drug-likeness (QED) is 0.308. The van der Waals surface area contributed by atoms with Crippen LogP contribution in [0.2, 0.25) is 0 Å². The maximum Gasteiger partial charge on any atom is 0.0547 e. The molecule has 0 radical (unpaired) electrons. The fraction of sp³-hybridized carbons (Fsp3) is 1.00. The summed E-state index contributed by atoms with van der Waals surface area (Å²) >= 11 is 0. The molecule has 19 heavy (non-hydrogen) atoms. The Labute approximate surface area is 122 Å². The highest BCUT2D eigenvalue weighted by Gasteiger charge is 2.01. The van der Waals surface area contributed by atoms with E-state index in [1.165, 1.54) is 83.5 Å². The minimum atomic E-state index is 0.474. The van der Waals surface area contributed by atoms with Crippen molar-refractivity contribution in [3.05, 3.63) is 0 Å². The Morgan fingerprint density at radius 2 is 1.11 bits per heavy atom. The zero-order chi connectivity index (χ0) is 14.2. The Kier molecular flexibility index (Phi) is 16.0. The molecule has 1 atom stereocenters. The summed E-state index contributed by atoms with van der Waals surface area (Å²) in [5.41, 5.74) is 0. The number of rotatable bonds is 15. The monoisotopic (exact) mass is 270 g/mol. The van der Waals surface area contributed by atoms with Gasteiger partial charge in [0.2, 0.25) is 0 Å². The van der Waals surface area contributed by atoms with Gasteiger partial charge in [-0.25, -0.2) is 0 Å². The molecular formula is C18H38O. The van der Waals surface area contributed by atoms with E-state index in [9.17, 15) is 0 Å². The fourth-order valence-electron chi connectivity index (χ4n) is 2.46. The first-order chi connectivity index (χ1) is 9.31. The minimum absolute atomic E-state index is 0.474. The van der Waals surface area contributed by atoms with Crippen LogP contribution in [0.3, 0.4) is 0 Å². The summed E-state index contributed by atoms with van der Waals surface area (Å²) in [6, 6.07) is 0. The van der Waals surface area contributed by atoms with E-state index in [1.807, 2.05) is 0 Å². The number of hydrogen-bond acceptors (Lipinski definition) is 1. The Morgan fingerprint density at radius 3 is 1.68 bits per heavy atom. The van der Waals surface area contributed by atoms with Crippen molar-refractivity contribution in [3.8, 4) is 0 Å². The van der Waals surface area contributed by atoms with Crippen molar-refractivity contribution in [3.63, 3.8) is 0 Å². The van der Waals surface area contributed by atoms with Gasteiger partial charge in [0, 0.05) is 6.61 Å². The summed E-state index contributed by atoms with van der Waals surface area (Å²) < 4.78 is 5.88. The van der Waals surface area contributed by atoms with Crippen molar-refractivity contribution in [2.75, 3.05) is 6.61 Å². The van der Waals surface area contributed by atoms with Gasteiger partial charge < -0.3 is 4.74 Å². The van der Waals surface area contributed by atoms with Crippen LogP contribution in [0.25, 0.3) is 0 Å². The molecule has 1 heteroatoms. The summed E-state index contributed by atoms with van der Waals surface area (Å²) in [6.45, 7) is 7.76. The first-order valence-corrected chi connectivity index (χ1v) is 8.92. The lowest BCUT2D eigenvalue weighted by molar-refractivity contribution is 0.0557. The highest BCUT2D eigenvalue weighted by atomic mass is 16.5. The second-order valence-electron chi connectivity index (χ2n) is 6.01. The Bertz CT molecular complexity index is 156. The molecule has 1 nitrogen and oxygen atoms in total. The molecule has 0 bridgehead atoms. The van der Waals surface area contributed by atoms with Gasteiger partial charge in [0.05, 0.1) is 6.10 Å². The molecular weight excluding hydrogens is 232 g/mol. The maximum absolute atomic E-state index is 5.88. The van der Waals surface area contributed by atoms with Crippen LogP contribution in [0.1, 0.15) is 104 Å². The van der Waals surface area contributed by atoms with E-state index >= 15 is 0 Å². The summed E-state index contributed by atoms with van der Waals surface area (Å²) in [6.07, 6.45) is 18.2. The van der Waals surface area contributed by atoms with Gasteiger partial charge in [-0.15, -0.1) is 0 Å². The van der Waals surface area contributed by atoms with Crippen LogP contribution in [-0.4, -0.2) is 12.7 Å². The van der Waals surface area contributed by atoms with Gasteiger partial charge >= 0.3 is 0 Å². The third-order valence-corrected chi connectivity index (χ3v) is 3.86. The molecule has 0 aromatic heterocycles. The molecule has 116 valence electrons. The second-order valence-corrected chi connectivity index (χ2v) is 6.01. The highest BCUT2D eigenvalue weighted by Crippen LogP contribution is 2.11. The van der Waals surface area contributed by atoms with Crippen LogP contribution in [0.5, 0.6) is 0 Å². The van der Waals surface area contributed by atoms with E-state index in [2.05, 4.69) is 20.8 Å². The lowest BCUT2D eigenvalue weighted by Gasteiger charge is -2.12. The molecule has 0 amide bonds.